The zero-order chi connectivity index (χ0) is 15.8. The van der Waals surface area contributed by atoms with E-state index in [0.717, 1.165) is 0 Å². The van der Waals surface area contributed by atoms with Gasteiger partial charge in [-0.15, -0.1) is 0 Å². The van der Waals surface area contributed by atoms with Gasteiger partial charge in [-0.3, -0.25) is 0 Å². The van der Waals surface area contributed by atoms with E-state index in [4.69, 9.17) is 14.2 Å². The molecule has 1 aromatic rings. The number of hydrogen-bond acceptors (Lipinski definition) is 5. The van der Waals surface area contributed by atoms with Crippen LogP contribution in [-0.2, 0) is 14.3 Å². The lowest BCUT2D eigenvalue weighted by atomic mass is 10.2. The summed E-state index contributed by atoms with van der Waals surface area (Å²) in [5.41, 5.74) is 0.237. The number of para-hydroxylation sites is 2. The van der Waals surface area contributed by atoms with Gasteiger partial charge in [0.15, 0.2) is 17.6 Å². The average molecular weight is 292 g/mol. The third-order valence-corrected chi connectivity index (χ3v) is 2.69. The molecular formula is C16H20O5. The predicted molar refractivity (Wildman–Crippen MR) is 78.2 cm³/mol. The SMILES string of the molecule is C=C(C)C(=O)OC(CCC)C(=O)Oc1ccccc1OC. The highest BCUT2D eigenvalue weighted by Gasteiger charge is 2.25. The summed E-state index contributed by atoms with van der Waals surface area (Å²) >= 11 is 0. The van der Waals surface area contributed by atoms with Crippen molar-refractivity contribution in [2.75, 3.05) is 7.11 Å². The van der Waals surface area contributed by atoms with Crippen LogP contribution in [0.3, 0.4) is 0 Å². The van der Waals surface area contributed by atoms with E-state index in [2.05, 4.69) is 6.58 Å². The maximum Gasteiger partial charge on any atom is 0.352 e. The van der Waals surface area contributed by atoms with Gasteiger partial charge >= 0.3 is 11.9 Å². The molecule has 0 spiro atoms. The summed E-state index contributed by atoms with van der Waals surface area (Å²) in [7, 11) is 1.48. The van der Waals surface area contributed by atoms with Crippen molar-refractivity contribution < 1.29 is 23.8 Å². The lowest BCUT2D eigenvalue weighted by molar-refractivity contribution is -0.160. The van der Waals surface area contributed by atoms with Gasteiger partial charge in [0.25, 0.3) is 0 Å². The molecule has 1 atom stereocenters. The molecule has 0 aliphatic carbocycles. The zero-order valence-corrected chi connectivity index (χ0v) is 12.5. The second-order valence-electron chi connectivity index (χ2n) is 4.53. The zero-order valence-electron chi connectivity index (χ0n) is 12.5. The van der Waals surface area contributed by atoms with Crippen molar-refractivity contribution in [1.82, 2.24) is 0 Å². The quantitative estimate of drug-likeness (QED) is 0.439. The van der Waals surface area contributed by atoms with Gasteiger partial charge in [0, 0.05) is 5.57 Å². The molecule has 114 valence electrons. The topological polar surface area (TPSA) is 61.8 Å². The fraction of sp³-hybridized carbons (Fsp3) is 0.375. The van der Waals surface area contributed by atoms with Crippen molar-refractivity contribution in [1.29, 1.82) is 0 Å². The van der Waals surface area contributed by atoms with Gasteiger partial charge in [-0.1, -0.05) is 32.1 Å². The fourth-order valence-corrected chi connectivity index (χ4v) is 1.59. The predicted octanol–water partition coefficient (Wildman–Crippen LogP) is 2.89. The van der Waals surface area contributed by atoms with E-state index in [1.165, 1.54) is 14.0 Å². The minimum atomic E-state index is -0.955. The van der Waals surface area contributed by atoms with E-state index in [0.29, 0.717) is 18.6 Å². The maximum absolute atomic E-state index is 12.1. The molecule has 1 aromatic carbocycles. The number of esters is 2. The van der Waals surface area contributed by atoms with Crippen molar-refractivity contribution in [2.24, 2.45) is 0 Å². The minimum absolute atomic E-state index is 0.237. The van der Waals surface area contributed by atoms with Gasteiger partial charge < -0.3 is 14.2 Å². The Balaban J connectivity index is 2.81. The molecular weight excluding hydrogens is 272 g/mol. The van der Waals surface area contributed by atoms with Crippen LogP contribution in [0.2, 0.25) is 0 Å². The Labute approximate surface area is 124 Å². The highest BCUT2D eigenvalue weighted by molar-refractivity contribution is 5.89. The first-order chi connectivity index (χ1) is 9.99. The van der Waals surface area contributed by atoms with E-state index >= 15 is 0 Å². The minimum Gasteiger partial charge on any atom is -0.493 e. The molecule has 0 saturated carbocycles. The van der Waals surface area contributed by atoms with Crippen LogP contribution in [0, 0.1) is 0 Å². The highest BCUT2D eigenvalue weighted by atomic mass is 16.6. The molecule has 5 nitrogen and oxygen atoms in total. The summed E-state index contributed by atoms with van der Waals surface area (Å²) < 4.78 is 15.5. The third-order valence-electron chi connectivity index (χ3n) is 2.69. The van der Waals surface area contributed by atoms with Crippen molar-refractivity contribution in [2.45, 2.75) is 32.8 Å². The highest BCUT2D eigenvalue weighted by Crippen LogP contribution is 2.26. The number of methoxy groups -OCH3 is 1. The summed E-state index contributed by atoms with van der Waals surface area (Å²) in [5, 5.41) is 0. The molecule has 0 saturated heterocycles. The lowest BCUT2D eigenvalue weighted by Gasteiger charge is -2.17. The van der Waals surface area contributed by atoms with Gasteiger partial charge in [0.1, 0.15) is 0 Å². The van der Waals surface area contributed by atoms with E-state index in [-0.39, 0.29) is 11.3 Å². The van der Waals surface area contributed by atoms with Gasteiger partial charge in [-0.2, -0.15) is 0 Å². The summed E-state index contributed by atoms with van der Waals surface area (Å²) in [5.74, 6) is -0.508. The first kappa shape index (κ1) is 16.8. The number of ether oxygens (including phenoxy) is 3. The summed E-state index contributed by atoms with van der Waals surface area (Å²) in [4.78, 5) is 23.7. The van der Waals surface area contributed by atoms with Crippen LogP contribution in [0.5, 0.6) is 11.5 Å². The van der Waals surface area contributed by atoms with E-state index in [1.807, 2.05) is 6.92 Å². The largest absolute Gasteiger partial charge is 0.493 e. The van der Waals surface area contributed by atoms with Crippen LogP contribution in [-0.4, -0.2) is 25.2 Å². The van der Waals surface area contributed by atoms with Gasteiger partial charge in [0.05, 0.1) is 7.11 Å². The van der Waals surface area contributed by atoms with Crippen LogP contribution in [0.4, 0.5) is 0 Å². The summed E-state index contributed by atoms with van der Waals surface area (Å²) in [6, 6.07) is 6.78. The van der Waals surface area contributed by atoms with Crippen LogP contribution in [0.15, 0.2) is 36.4 Å². The molecule has 5 heteroatoms. The molecule has 1 rings (SSSR count). The van der Waals surface area contributed by atoms with Gasteiger partial charge in [-0.25, -0.2) is 9.59 Å². The molecule has 1 unspecified atom stereocenters. The number of rotatable bonds is 7. The van der Waals surface area contributed by atoms with Crippen molar-refractivity contribution in [3.63, 3.8) is 0 Å². The summed E-state index contributed by atoms with van der Waals surface area (Å²) in [6.07, 6.45) is 0.103. The van der Waals surface area contributed by atoms with Crippen LogP contribution >= 0.6 is 0 Å². The fourth-order valence-electron chi connectivity index (χ4n) is 1.59. The summed E-state index contributed by atoms with van der Waals surface area (Å²) in [6.45, 7) is 6.90. The molecule has 0 heterocycles. The average Bonchev–Trinajstić information content (AvgIpc) is 2.47. The Kier molecular flexibility index (Phi) is 6.46. The number of hydrogen-bond donors (Lipinski definition) is 0. The van der Waals surface area contributed by atoms with Crippen LogP contribution in [0.25, 0.3) is 0 Å². The normalized spacial score (nSPS) is 11.4. The molecule has 0 aliphatic rings. The Morgan fingerprint density at radius 1 is 1.24 bits per heavy atom. The van der Waals surface area contributed by atoms with E-state index < -0.39 is 18.0 Å². The van der Waals surface area contributed by atoms with Crippen LogP contribution in [0.1, 0.15) is 26.7 Å². The Morgan fingerprint density at radius 2 is 1.86 bits per heavy atom. The van der Waals surface area contributed by atoms with Crippen molar-refractivity contribution in [3.05, 3.63) is 36.4 Å². The molecule has 0 aliphatic heterocycles. The third kappa shape index (κ3) is 4.95. The standard InChI is InChI=1S/C16H20O5/c1-5-8-14(21-15(17)11(2)3)16(18)20-13-10-7-6-9-12(13)19-4/h6-7,9-10,14H,2,5,8H2,1,3-4H3. The van der Waals surface area contributed by atoms with Crippen LogP contribution < -0.4 is 9.47 Å². The molecule has 0 bridgehead atoms. The molecule has 0 amide bonds. The Bertz CT molecular complexity index is 521. The number of benzene rings is 1. The smallest absolute Gasteiger partial charge is 0.352 e. The van der Waals surface area contributed by atoms with E-state index in [9.17, 15) is 9.59 Å². The molecule has 0 radical (unpaired) electrons. The first-order valence-electron chi connectivity index (χ1n) is 6.70. The maximum atomic E-state index is 12.1. The lowest BCUT2D eigenvalue weighted by Crippen LogP contribution is -2.31. The van der Waals surface area contributed by atoms with Gasteiger partial charge in [0.2, 0.25) is 0 Å². The molecule has 21 heavy (non-hydrogen) atoms. The molecule has 0 aromatic heterocycles. The monoisotopic (exact) mass is 292 g/mol. The number of carbonyl (C=O) groups excluding carboxylic acids is 2. The van der Waals surface area contributed by atoms with E-state index in [1.54, 1.807) is 24.3 Å². The Hall–Kier alpha value is -2.30. The molecule has 0 N–H and O–H groups in total. The molecule has 0 fully saturated rings. The van der Waals surface area contributed by atoms with Crippen molar-refractivity contribution in [3.8, 4) is 11.5 Å². The Morgan fingerprint density at radius 3 is 2.38 bits per heavy atom. The second-order valence-corrected chi connectivity index (χ2v) is 4.53. The number of carbonyl (C=O) groups is 2. The van der Waals surface area contributed by atoms with Gasteiger partial charge in [-0.05, 0) is 25.5 Å². The second kappa shape index (κ2) is 8.09. The first-order valence-corrected chi connectivity index (χ1v) is 6.70. The van der Waals surface area contributed by atoms with Crippen molar-refractivity contribution >= 4 is 11.9 Å².